The van der Waals surface area contributed by atoms with Gasteiger partial charge in [-0.25, -0.2) is 15.0 Å². The number of hydrogen-bond donors (Lipinski definition) is 2. The van der Waals surface area contributed by atoms with Crippen molar-refractivity contribution in [3.8, 4) is 0 Å². The molecule has 2 fully saturated rings. The molecule has 2 aliphatic rings. The van der Waals surface area contributed by atoms with Gasteiger partial charge in [0.2, 0.25) is 0 Å². The van der Waals surface area contributed by atoms with Crippen LogP contribution in [0.4, 0.5) is 5.82 Å². The lowest BCUT2D eigenvalue weighted by atomic mass is 9.75. The first-order valence-electron chi connectivity index (χ1n) is 9.48. The molecule has 0 amide bonds. The molecule has 0 aromatic carbocycles. The van der Waals surface area contributed by atoms with E-state index in [1.54, 1.807) is 12.3 Å². The molecule has 2 saturated heterocycles. The summed E-state index contributed by atoms with van der Waals surface area (Å²) in [5, 5.41) is 11.3. The lowest BCUT2D eigenvalue weighted by Crippen LogP contribution is -2.49. The van der Waals surface area contributed by atoms with Crippen LogP contribution in [0.25, 0.3) is 0 Å². The summed E-state index contributed by atoms with van der Waals surface area (Å²) < 4.78 is 5.61. The summed E-state index contributed by atoms with van der Waals surface area (Å²) in [7, 11) is 0. The van der Waals surface area contributed by atoms with Crippen LogP contribution in [0.2, 0.25) is 10.2 Å². The molecule has 3 N–H and O–H groups in total. The van der Waals surface area contributed by atoms with Crippen LogP contribution in [-0.2, 0) is 11.3 Å². The monoisotopic (exact) mass is 455 g/mol. The van der Waals surface area contributed by atoms with Crippen molar-refractivity contribution in [1.82, 2.24) is 15.0 Å². The van der Waals surface area contributed by atoms with E-state index in [9.17, 15) is 5.11 Å². The fraction of sp³-hybridized carbons (Fsp3) is 0.526. The van der Waals surface area contributed by atoms with Gasteiger partial charge in [0.05, 0.1) is 30.5 Å². The number of nitrogens with two attached hydrogens (primary N) is 1. The summed E-state index contributed by atoms with van der Waals surface area (Å²) in [4.78, 5) is 16.4. The van der Waals surface area contributed by atoms with Crippen LogP contribution in [0.5, 0.6) is 0 Å². The number of rotatable bonds is 4. The first-order valence-corrected chi connectivity index (χ1v) is 11.1. The van der Waals surface area contributed by atoms with Crippen LogP contribution < -0.4 is 10.6 Å². The Morgan fingerprint density at radius 3 is 2.76 bits per heavy atom. The van der Waals surface area contributed by atoms with Gasteiger partial charge in [-0.2, -0.15) is 0 Å². The number of ether oxygens (including phenoxy) is 1. The van der Waals surface area contributed by atoms with Crippen LogP contribution >= 0.6 is 35.0 Å². The Balaban J connectivity index is 1.56. The van der Waals surface area contributed by atoms with Crippen molar-refractivity contribution in [3.63, 3.8) is 0 Å². The third-order valence-electron chi connectivity index (χ3n) is 5.78. The van der Waals surface area contributed by atoms with E-state index < -0.39 is 0 Å². The standard InChI is InChI=1S/C19H23Cl2N5O2S/c1-11-18(29-13-2-5-23-16(21)15(13)20)25-12(8-27)17(24-11)26-6-3-19(4-7-26)10-28-9-14(19)22/h2,5,14,27H,3-4,6-10,22H2,1H3/t14-/m1/s1. The molecule has 2 aromatic rings. The second kappa shape index (κ2) is 8.53. The average molecular weight is 456 g/mol. The molecule has 2 aromatic heterocycles. The highest BCUT2D eigenvalue weighted by Crippen LogP contribution is 2.41. The molecular weight excluding hydrogens is 433 g/mol. The molecule has 4 rings (SSSR count). The van der Waals surface area contributed by atoms with Crippen molar-refractivity contribution in [2.45, 2.75) is 42.3 Å². The highest BCUT2D eigenvalue weighted by atomic mass is 35.5. The second-order valence-electron chi connectivity index (χ2n) is 7.53. The molecule has 10 heteroatoms. The molecule has 2 aliphatic heterocycles. The highest BCUT2D eigenvalue weighted by molar-refractivity contribution is 7.99. The van der Waals surface area contributed by atoms with Gasteiger partial charge in [-0.3, -0.25) is 0 Å². The topological polar surface area (TPSA) is 97.4 Å². The normalized spacial score (nSPS) is 21.1. The van der Waals surface area contributed by atoms with Gasteiger partial charge in [0.15, 0.2) is 5.82 Å². The molecule has 7 nitrogen and oxygen atoms in total. The summed E-state index contributed by atoms with van der Waals surface area (Å²) >= 11 is 13.6. The third kappa shape index (κ3) is 4.06. The number of aromatic nitrogens is 3. The Labute approximate surface area is 184 Å². The van der Waals surface area contributed by atoms with Gasteiger partial charge in [-0.1, -0.05) is 35.0 Å². The Morgan fingerprint density at radius 1 is 1.34 bits per heavy atom. The number of hydrogen-bond acceptors (Lipinski definition) is 8. The number of anilines is 1. The van der Waals surface area contributed by atoms with Gasteiger partial charge >= 0.3 is 0 Å². The molecule has 0 unspecified atom stereocenters. The number of aliphatic hydroxyl groups excluding tert-OH is 1. The van der Waals surface area contributed by atoms with E-state index in [1.165, 1.54) is 11.8 Å². The third-order valence-corrected chi connectivity index (χ3v) is 7.80. The number of pyridine rings is 1. The van der Waals surface area contributed by atoms with Gasteiger partial charge in [0.1, 0.15) is 15.9 Å². The maximum absolute atomic E-state index is 9.94. The van der Waals surface area contributed by atoms with E-state index in [4.69, 9.17) is 38.7 Å². The first kappa shape index (κ1) is 21.1. The second-order valence-corrected chi connectivity index (χ2v) is 9.30. The molecule has 0 saturated carbocycles. The zero-order chi connectivity index (χ0) is 20.6. The zero-order valence-corrected chi connectivity index (χ0v) is 18.4. The Hall–Kier alpha value is -1.16. The maximum Gasteiger partial charge on any atom is 0.153 e. The van der Waals surface area contributed by atoms with E-state index in [2.05, 4.69) is 14.9 Å². The fourth-order valence-electron chi connectivity index (χ4n) is 3.92. The molecule has 0 bridgehead atoms. The van der Waals surface area contributed by atoms with Gasteiger partial charge in [-0.15, -0.1) is 0 Å². The van der Waals surface area contributed by atoms with Crippen molar-refractivity contribution >= 4 is 40.8 Å². The highest BCUT2D eigenvalue weighted by Gasteiger charge is 2.44. The number of halogens is 2. The summed E-state index contributed by atoms with van der Waals surface area (Å²) in [6.45, 7) is 4.71. The molecule has 0 radical (unpaired) electrons. The predicted molar refractivity (Wildman–Crippen MR) is 114 cm³/mol. The van der Waals surface area contributed by atoms with Gasteiger partial charge in [0.25, 0.3) is 0 Å². The lowest BCUT2D eigenvalue weighted by Gasteiger charge is -2.41. The van der Waals surface area contributed by atoms with Crippen molar-refractivity contribution in [2.75, 3.05) is 31.2 Å². The van der Waals surface area contributed by atoms with Crippen LogP contribution in [0.3, 0.4) is 0 Å². The summed E-state index contributed by atoms with van der Waals surface area (Å²) in [5.41, 5.74) is 7.67. The molecule has 1 atom stereocenters. The van der Waals surface area contributed by atoms with E-state index in [-0.39, 0.29) is 23.2 Å². The number of piperidine rings is 1. The molecule has 4 heterocycles. The maximum atomic E-state index is 9.94. The Bertz CT molecular complexity index is 908. The van der Waals surface area contributed by atoms with Crippen molar-refractivity contribution < 1.29 is 9.84 Å². The van der Waals surface area contributed by atoms with E-state index in [0.29, 0.717) is 22.3 Å². The van der Waals surface area contributed by atoms with E-state index >= 15 is 0 Å². The van der Waals surface area contributed by atoms with Crippen LogP contribution in [0.1, 0.15) is 24.2 Å². The van der Waals surface area contributed by atoms with Crippen molar-refractivity contribution in [2.24, 2.45) is 11.1 Å². The van der Waals surface area contributed by atoms with Crippen LogP contribution in [0, 0.1) is 12.3 Å². The number of aliphatic hydroxyl groups is 1. The zero-order valence-electron chi connectivity index (χ0n) is 16.1. The largest absolute Gasteiger partial charge is 0.390 e. The molecular formula is C19H23Cl2N5O2S. The SMILES string of the molecule is Cc1nc(N2CCC3(CC2)COC[C@H]3N)c(CO)nc1Sc1ccnc(Cl)c1Cl. The van der Waals surface area contributed by atoms with Gasteiger partial charge in [-0.05, 0) is 25.8 Å². The molecule has 0 aliphatic carbocycles. The molecule has 29 heavy (non-hydrogen) atoms. The predicted octanol–water partition coefficient (Wildman–Crippen LogP) is 3.07. The van der Waals surface area contributed by atoms with E-state index in [1.807, 2.05) is 6.92 Å². The van der Waals surface area contributed by atoms with Crippen molar-refractivity contribution in [1.29, 1.82) is 0 Å². The number of nitrogens with zero attached hydrogens (tertiary/aromatic N) is 4. The molecule has 156 valence electrons. The minimum atomic E-state index is -0.189. The Morgan fingerprint density at radius 2 is 2.10 bits per heavy atom. The van der Waals surface area contributed by atoms with Gasteiger partial charge < -0.3 is 20.5 Å². The minimum Gasteiger partial charge on any atom is -0.390 e. The fourth-order valence-corrected chi connectivity index (χ4v) is 5.23. The van der Waals surface area contributed by atoms with Crippen LogP contribution in [0.15, 0.2) is 22.2 Å². The number of aryl methyl sites for hydroxylation is 1. The van der Waals surface area contributed by atoms with Crippen molar-refractivity contribution in [3.05, 3.63) is 33.8 Å². The minimum absolute atomic E-state index is 0.0610. The smallest absolute Gasteiger partial charge is 0.153 e. The summed E-state index contributed by atoms with van der Waals surface area (Å²) in [5.74, 6) is 0.732. The summed E-state index contributed by atoms with van der Waals surface area (Å²) in [6.07, 6.45) is 3.49. The van der Waals surface area contributed by atoms with Gasteiger partial charge in [0, 0.05) is 35.6 Å². The quantitative estimate of drug-likeness (QED) is 0.678. The van der Waals surface area contributed by atoms with Crippen LogP contribution in [-0.4, -0.2) is 52.4 Å². The molecule has 1 spiro atoms. The lowest BCUT2D eigenvalue weighted by molar-refractivity contribution is 0.131. The average Bonchev–Trinajstić information content (AvgIpc) is 3.07. The Kier molecular flexibility index (Phi) is 6.20. The summed E-state index contributed by atoms with van der Waals surface area (Å²) in [6, 6.07) is 1.87. The first-order chi connectivity index (χ1) is 13.9. The van der Waals surface area contributed by atoms with E-state index in [0.717, 1.165) is 48.9 Å².